The molecule has 2 heteroatoms. The van der Waals surface area contributed by atoms with Gasteiger partial charge >= 0.3 is 0 Å². The molecule has 3 aliphatic carbocycles. The van der Waals surface area contributed by atoms with Gasteiger partial charge in [0.2, 0.25) is 0 Å². The third-order valence-corrected chi connectivity index (χ3v) is 3.80. The Hall–Kier alpha value is -0.340. The molecule has 2 saturated carbocycles. The van der Waals surface area contributed by atoms with Crippen LogP contribution in [0.15, 0.2) is 12.2 Å². The maximum Gasteiger partial charge on any atom is 0.147 e. The van der Waals surface area contributed by atoms with E-state index in [1.54, 1.807) is 0 Å². The Morgan fingerprint density at radius 2 is 1.73 bits per heavy atom. The predicted molar refractivity (Wildman–Crippen MR) is 37.7 cm³/mol. The van der Waals surface area contributed by atoms with Crippen molar-refractivity contribution in [2.45, 2.75) is 12.2 Å². The van der Waals surface area contributed by atoms with Crippen molar-refractivity contribution >= 4 is 0 Å². The van der Waals surface area contributed by atoms with Crippen LogP contribution in [-0.4, -0.2) is 19.0 Å². The highest BCUT2D eigenvalue weighted by Gasteiger charge is 2.70. The Morgan fingerprint density at radius 1 is 0.909 bits per heavy atom. The molecule has 3 fully saturated rings. The minimum atomic E-state index is 0.417. The van der Waals surface area contributed by atoms with E-state index >= 15 is 0 Å². The van der Waals surface area contributed by atoms with Gasteiger partial charge in [0.05, 0.1) is 12.2 Å². The molecule has 0 spiro atoms. The first-order valence-corrected chi connectivity index (χ1v) is 4.38. The summed E-state index contributed by atoms with van der Waals surface area (Å²) < 4.78 is 11.1. The van der Waals surface area contributed by atoms with Gasteiger partial charge < -0.3 is 9.47 Å². The molecule has 0 aromatic carbocycles. The van der Waals surface area contributed by atoms with Crippen LogP contribution in [-0.2, 0) is 9.47 Å². The van der Waals surface area contributed by atoms with Crippen molar-refractivity contribution in [2.24, 2.45) is 23.7 Å². The topological polar surface area (TPSA) is 18.5 Å². The van der Waals surface area contributed by atoms with Crippen molar-refractivity contribution in [2.75, 3.05) is 6.79 Å². The normalized spacial score (nSPS) is 68.4. The van der Waals surface area contributed by atoms with Crippen LogP contribution in [0.5, 0.6) is 0 Å². The molecule has 0 aromatic heterocycles. The fourth-order valence-corrected chi connectivity index (χ4v) is 3.35. The second-order valence-electron chi connectivity index (χ2n) is 4.07. The van der Waals surface area contributed by atoms with Gasteiger partial charge in [0.15, 0.2) is 0 Å². The highest BCUT2D eigenvalue weighted by atomic mass is 16.7. The SMILES string of the molecule is C1=C[C@H]2C3[C@H]2[C@H]2OCO[C@H]2[C@H]13. The third kappa shape index (κ3) is 0.422. The Bertz CT molecular complexity index is 248. The molecule has 11 heavy (non-hydrogen) atoms. The van der Waals surface area contributed by atoms with Crippen molar-refractivity contribution in [3.63, 3.8) is 0 Å². The number of ether oxygens (including phenoxy) is 2. The molecule has 0 bridgehead atoms. The smallest absolute Gasteiger partial charge is 0.147 e. The summed E-state index contributed by atoms with van der Waals surface area (Å²) in [6.07, 6.45) is 5.57. The molecule has 0 N–H and O–H groups in total. The minimum Gasteiger partial charge on any atom is -0.349 e. The largest absolute Gasteiger partial charge is 0.349 e. The van der Waals surface area contributed by atoms with E-state index in [0.717, 1.165) is 17.8 Å². The molecule has 0 aromatic rings. The van der Waals surface area contributed by atoms with Gasteiger partial charge in [-0.05, 0) is 17.8 Å². The first-order chi connectivity index (χ1) is 5.47. The fraction of sp³-hybridized carbons (Fsp3) is 0.778. The molecule has 1 saturated heterocycles. The number of allylic oxidation sites excluding steroid dienone is 1. The zero-order valence-electron chi connectivity index (χ0n) is 6.14. The third-order valence-electron chi connectivity index (χ3n) is 3.80. The standard InChI is InChI=1S/C9H10O2/c1-2-5-6-4(1)7(6)9-8(5)10-3-11-9/h1-2,4-9H,3H2/t4-,5+,6?,7-,8-,9+/m0/s1. The van der Waals surface area contributed by atoms with Gasteiger partial charge in [-0.15, -0.1) is 0 Å². The van der Waals surface area contributed by atoms with Crippen molar-refractivity contribution in [3.05, 3.63) is 12.2 Å². The van der Waals surface area contributed by atoms with Crippen molar-refractivity contribution in [1.82, 2.24) is 0 Å². The molecule has 0 amide bonds. The first kappa shape index (κ1) is 5.33. The molecule has 0 radical (unpaired) electrons. The van der Waals surface area contributed by atoms with Gasteiger partial charge in [0, 0.05) is 5.92 Å². The Labute approximate surface area is 65.2 Å². The maximum absolute atomic E-state index is 5.55. The molecule has 4 rings (SSSR count). The summed E-state index contributed by atoms with van der Waals surface area (Å²) in [4.78, 5) is 0. The Kier molecular flexibility index (Phi) is 0.684. The monoisotopic (exact) mass is 150 g/mol. The zero-order valence-corrected chi connectivity index (χ0v) is 6.14. The molecule has 6 atom stereocenters. The summed E-state index contributed by atoms with van der Waals surface area (Å²) in [5.41, 5.74) is 0. The second-order valence-corrected chi connectivity index (χ2v) is 4.07. The minimum absolute atomic E-state index is 0.417. The first-order valence-electron chi connectivity index (χ1n) is 4.38. The summed E-state index contributed by atoms with van der Waals surface area (Å²) in [6.45, 7) is 0.537. The molecule has 1 unspecified atom stereocenters. The molecule has 1 heterocycles. The summed E-state index contributed by atoms with van der Waals surface area (Å²) in [5.74, 6) is 3.31. The van der Waals surface area contributed by atoms with Crippen LogP contribution in [0.3, 0.4) is 0 Å². The van der Waals surface area contributed by atoms with Gasteiger partial charge in [-0.1, -0.05) is 12.2 Å². The lowest BCUT2D eigenvalue weighted by Gasteiger charge is -2.14. The van der Waals surface area contributed by atoms with Crippen LogP contribution in [0.4, 0.5) is 0 Å². The van der Waals surface area contributed by atoms with Gasteiger partial charge in [0.25, 0.3) is 0 Å². The quantitative estimate of drug-likeness (QED) is 0.475. The molecule has 4 aliphatic rings. The van der Waals surface area contributed by atoms with Gasteiger partial charge in [-0.25, -0.2) is 0 Å². The Morgan fingerprint density at radius 3 is 2.73 bits per heavy atom. The van der Waals surface area contributed by atoms with Crippen LogP contribution in [0.1, 0.15) is 0 Å². The molecular formula is C9H10O2. The summed E-state index contributed by atoms with van der Waals surface area (Å²) in [7, 11) is 0. The fourth-order valence-electron chi connectivity index (χ4n) is 3.35. The van der Waals surface area contributed by atoms with Crippen LogP contribution >= 0.6 is 0 Å². The number of hydrogen-bond acceptors (Lipinski definition) is 2. The van der Waals surface area contributed by atoms with Crippen LogP contribution < -0.4 is 0 Å². The number of hydrogen-bond donors (Lipinski definition) is 0. The van der Waals surface area contributed by atoms with E-state index < -0.39 is 0 Å². The number of rotatable bonds is 0. The lowest BCUT2D eigenvalue weighted by atomic mass is 10.0. The molecule has 58 valence electrons. The van der Waals surface area contributed by atoms with Gasteiger partial charge in [-0.2, -0.15) is 0 Å². The van der Waals surface area contributed by atoms with Gasteiger partial charge in [0.1, 0.15) is 6.79 Å². The van der Waals surface area contributed by atoms with Crippen molar-refractivity contribution in [3.8, 4) is 0 Å². The van der Waals surface area contributed by atoms with Crippen LogP contribution in [0.2, 0.25) is 0 Å². The van der Waals surface area contributed by atoms with Gasteiger partial charge in [-0.3, -0.25) is 0 Å². The van der Waals surface area contributed by atoms with Crippen molar-refractivity contribution < 1.29 is 9.47 Å². The predicted octanol–water partition coefficient (Wildman–Crippen LogP) is 0.790. The van der Waals surface area contributed by atoms with Crippen molar-refractivity contribution in [1.29, 1.82) is 0 Å². The Balaban J connectivity index is 1.83. The van der Waals surface area contributed by atoms with Crippen LogP contribution in [0, 0.1) is 23.7 Å². The highest BCUT2D eigenvalue weighted by Crippen LogP contribution is 2.67. The van der Waals surface area contributed by atoms with E-state index in [2.05, 4.69) is 12.2 Å². The average molecular weight is 150 g/mol. The molecular weight excluding hydrogens is 140 g/mol. The maximum atomic E-state index is 5.55. The summed E-state index contributed by atoms with van der Waals surface area (Å²) >= 11 is 0. The molecule has 1 aliphatic heterocycles. The second kappa shape index (κ2) is 1.41. The lowest BCUT2D eigenvalue weighted by Crippen LogP contribution is -2.25. The lowest BCUT2D eigenvalue weighted by molar-refractivity contribution is 0.0208. The number of fused-ring (bicyclic) bond motifs is 4. The summed E-state index contributed by atoms with van der Waals surface area (Å²) in [6, 6.07) is 0. The van der Waals surface area contributed by atoms with E-state index in [1.165, 1.54) is 0 Å². The highest BCUT2D eigenvalue weighted by molar-refractivity contribution is 5.30. The average Bonchev–Trinajstić information content (AvgIpc) is 2.48. The molecule has 2 nitrogen and oxygen atoms in total. The van der Waals surface area contributed by atoms with Crippen LogP contribution in [0.25, 0.3) is 0 Å². The van der Waals surface area contributed by atoms with E-state index in [4.69, 9.17) is 9.47 Å². The van der Waals surface area contributed by atoms with E-state index in [-0.39, 0.29) is 0 Å². The van der Waals surface area contributed by atoms with E-state index in [1.807, 2.05) is 0 Å². The van der Waals surface area contributed by atoms with E-state index in [9.17, 15) is 0 Å². The summed E-state index contributed by atoms with van der Waals surface area (Å²) in [5, 5.41) is 0. The zero-order chi connectivity index (χ0) is 7.00. The van der Waals surface area contributed by atoms with E-state index in [0.29, 0.717) is 24.9 Å².